The Hall–Kier alpha value is -1.37. The van der Waals surface area contributed by atoms with Gasteiger partial charge in [0.1, 0.15) is 5.82 Å². The average molecular weight is 392 g/mol. The zero-order valence-electron chi connectivity index (χ0n) is 14.4. The molecule has 8 heteroatoms. The molecule has 140 valence electrons. The van der Waals surface area contributed by atoms with Gasteiger partial charge in [0.05, 0.1) is 16.1 Å². The number of halogens is 3. The summed E-state index contributed by atoms with van der Waals surface area (Å²) < 4.78 is 13.9. The topological polar surface area (TPSA) is 66.6 Å². The van der Waals surface area contributed by atoms with E-state index in [1.54, 1.807) is 11.8 Å². The van der Waals surface area contributed by atoms with Crippen LogP contribution in [0.4, 0.5) is 4.39 Å². The third kappa shape index (κ3) is 4.84. The predicted molar refractivity (Wildman–Crippen MR) is 98.6 cm³/mol. The third-order valence-electron chi connectivity index (χ3n) is 4.29. The second kappa shape index (κ2) is 8.83. The lowest BCUT2D eigenvalue weighted by molar-refractivity contribution is -0.138. The molecule has 1 aromatic rings. The summed E-state index contributed by atoms with van der Waals surface area (Å²) in [5.41, 5.74) is 5.08. The smallest absolute Gasteiger partial charge is 0.258 e. The van der Waals surface area contributed by atoms with Crippen LogP contribution in [0, 0.1) is 5.82 Å². The van der Waals surface area contributed by atoms with Gasteiger partial charge in [-0.3, -0.25) is 9.59 Å². The van der Waals surface area contributed by atoms with Crippen LogP contribution in [0.1, 0.15) is 37.0 Å². The van der Waals surface area contributed by atoms with Crippen LogP contribution < -0.4 is 5.73 Å². The maximum absolute atomic E-state index is 13.9. The van der Waals surface area contributed by atoms with Gasteiger partial charge in [-0.2, -0.15) is 0 Å². The first-order chi connectivity index (χ1) is 11.3. The van der Waals surface area contributed by atoms with Crippen molar-refractivity contribution in [2.75, 3.05) is 26.2 Å². The summed E-state index contributed by atoms with van der Waals surface area (Å²) in [7, 11) is 0. The Bertz CT molecular complexity index is 612. The number of hydrogen-bond acceptors (Lipinski definition) is 3. The first-order valence-corrected chi connectivity index (χ1v) is 8.47. The molecule has 0 spiro atoms. The lowest BCUT2D eigenvalue weighted by atomic mass is 9.95. The summed E-state index contributed by atoms with van der Waals surface area (Å²) in [6.45, 7) is 5.14. The summed E-state index contributed by atoms with van der Waals surface area (Å²) in [5, 5.41) is 0.0935. The van der Waals surface area contributed by atoms with Crippen molar-refractivity contribution in [2.45, 2.75) is 32.2 Å². The van der Waals surface area contributed by atoms with E-state index in [2.05, 4.69) is 0 Å². The van der Waals surface area contributed by atoms with E-state index in [1.807, 2.05) is 6.92 Å². The first kappa shape index (κ1) is 21.7. The van der Waals surface area contributed by atoms with Crippen LogP contribution in [0.25, 0.3) is 0 Å². The first-order valence-electron chi connectivity index (χ1n) is 8.09. The number of carbonyl (C=O) groups is 2. The standard InChI is InChI=1S/C17H23ClFN3O2.ClH/c1-3-7-17(2,20)16(24)22-10-8-21(9-11-22)15(23)14-12(18)5-4-6-13(14)19;/h4-6H,3,7-11,20H2,1-2H3;1H. The number of nitrogens with two attached hydrogens (primary N) is 1. The second-order valence-electron chi connectivity index (χ2n) is 6.35. The molecule has 2 N–H and O–H groups in total. The quantitative estimate of drug-likeness (QED) is 0.857. The highest BCUT2D eigenvalue weighted by atomic mass is 35.5. The number of rotatable bonds is 4. The Morgan fingerprint density at radius 2 is 1.80 bits per heavy atom. The van der Waals surface area contributed by atoms with E-state index in [4.69, 9.17) is 17.3 Å². The molecule has 2 amide bonds. The fourth-order valence-corrected chi connectivity index (χ4v) is 3.20. The Balaban J connectivity index is 0.00000312. The van der Waals surface area contributed by atoms with E-state index in [0.29, 0.717) is 32.6 Å². The van der Waals surface area contributed by atoms with Crippen molar-refractivity contribution in [1.82, 2.24) is 9.80 Å². The lowest BCUT2D eigenvalue weighted by Gasteiger charge is -2.38. The Kier molecular flexibility index (Phi) is 7.65. The Morgan fingerprint density at radius 1 is 1.24 bits per heavy atom. The highest BCUT2D eigenvalue weighted by Gasteiger charge is 2.34. The van der Waals surface area contributed by atoms with Crippen molar-refractivity contribution in [2.24, 2.45) is 5.73 Å². The maximum atomic E-state index is 13.9. The van der Waals surface area contributed by atoms with E-state index >= 15 is 0 Å². The van der Waals surface area contributed by atoms with Crippen molar-refractivity contribution in [3.05, 3.63) is 34.6 Å². The molecule has 0 saturated carbocycles. The molecule has 1 aromatic carbocycles. The van der Waals surface area contributed by atoms with Crippen molar-refractivity contribution in [1.29, 1.82) is 0 Å². The van der Waals surface area contributed by atoms with E-state index in [9.17, 15) is 14.0 Å². The van der Waals surface area contributed by atoms with Gasteiger partial charge in [0.25, 0.3) is 5.91 Å². The van der Waals surface area contributed by atoms with Gasteiger partial charge in [0.2, 0.25) is 5.91 Å². The van der Waals surface area contributed by atoms with Crippen LogP contribution in [0.2, 0.25) is 5.02 Å². The van der Waals surface area contributed by atoms with Gasteiger partial charge < -0.3 is 15.5 Å². The maximum Gasteiger partial charge on any atom is 0.258 e. The van der Waals surface area contributed by atoms with Crippen molar-refractivity contribution in [3.8, 4) is 0 Å². The number of nitrogens with zero attached hydrogens (tertiary/aromatic N) is 2. The molecule has 25 heavy (non-hydrogen) atoms. The van der Waals surface area contributed by atoms with Gasteiger partial charge in [0, 0.05) is 26.2 Å². The summed E-state index contributed by atoms with van der Waals surface area (Å²) in [5.74, 6) is -1.20. The molecule has 2 rings (SSSR count). The van der Waals surface area contributed by atoms with E-state index in [1.165, 1.54) is 23.1 Å². The number of hydrogen-bond donors (Lipinski definition) is 1. The highest BCUT2D eigenvalue weighted by molar-refractivity contribution is 6.33. The van der Waals surface area contributed by atoms with Gasteiger partial charge >= 0.3 is 0 Å². The minimum Gasteiger partial charge on any atom is -0.338 e. The van der Waals surface area contributed by atoms with Gasteiger partial charge in [-0.25, -0.2) is 4.39 Å². The summed E-state index contributed by atoms with van der Waals surface area (Å²) >= 11 is 5.95. The molecule has 1 unspecified atom stereocenters. The molecule has 5 nitrogen and oxygen atoms in total. The molecule has 0 radical (unpaired) electrons. The van der Waals surface area contributed by atoms with Crippen LogP contribution in [0.5, 0.6) is 0 Å². The van der Waals surface area contributed by atoms with Crippen molar-refractivity contribution >= 4 is 35.8 Å². The second-order valence-corrected chi connectivity index (χ2v) is 6.76. The summed E-state index contributed by atoms with van der Waals surface area (Å²) in [4.78, 5) is 28.2. The zero-order valence-corrected chi connectivity index (χ0v) is 16.0. The molecular formula is C17H24Cl2FN3O2. The van der Waals surface area contributed by atoms with Crippen LogP contribution in [-0.4, -0.2) is 53.3 Å². The fourth-order valence-electron chi connectivity index (χ4n) is 2.96. The van der Waals surface area contributed by atoms with Gasteiger partial charge in [-0.1, -0.05) is 31.0 Å². The SMILES string of the molecule is CCCC(C)(N)C(=O)N1CCN(C(=O)c2c(F)cccc2Cl)CC1.Cl. The molecule has 0 aromatic heterocycles. The van der Waals surface area contributed by atoms with E-state index < -0.39 is 17.3 Å². The van der Waals surface area contributed by atoms with Crippen molar-refractivity contribution < 1.29 is 14.0 Å². The fraction of sp³-hybridized carbons (Fsp3) is 0.529. The third-order valence-corrected chi connectivity index (χ3v) is 4.60. The molecular weight excluding hydrogens is 368 g/mol. The van der Waals surface area contributed by atoms with Crippen LogP contribution in [0.3, 0.4) is 0 Å². The van der Waals surface area contributed by atoms with Crippen molar-refractivity contribution in [3.63, 3.8) is 0 Å². The van der Waals surface area contributed by atoms with Gasteiger partial charge in [-0.05, 0) is 25.5 Å². The number of benzene rings is 1. The average Bonchev–Trinajstić information content (AvgIpc) is 2.54. The number of amides is 2. The minimum absolute atomic E-state index is 0. The highest BCUT2D eigenvalue weighted by Crippen LogP contribution is 2.22. The number of carbonyl (C=O) groups excluding carboxylic acids is 2. The van der Waals surface area contributed by atoms with E-state index in [0.717, 1.165) is 6.42 Å². The van der Waals surface area contributed by atoms with Crippen LogP contribution >= 0.6 is 24.0 Å². The largest absolute Gasteiger partial charge is 0.338 e. The molecule has 1 heterocycles. The predicted octanol–water partition coefficient (Wildman–Crippen LogP) is 2.70. The monoisotopic (exact) mass is 391 g/mol. The Labute approximate surface area is 158 Å². The van der Waals surface area contributed by atoms with E-state index in [-0.39, 0.29) is 28.9 Å². The minimum atomic E-state index is -0.893. The molecule has 0 aliphatic carbocycles. The molecule has 1 fully saturated rings. The molecule has 1 aliphatic rings. The van der Waals surface area contributed by atoms with Crippen LogP contribution in [0.15, 0.2) is 18.2 Å². The van der Waals surface area contributed by atoms with Gasteiger partial charge in [0.15, 0.2) is 0 Å². The summed E-state index contributed by atoms with van der Waals surface area (Å²) in [6.07, 6.45) is 1.43. The van der Waals surface area contributed by atoms with Crippen LogP contribution in [-0.2, 0) is 4.79 Å². The summed E-state index contributed by atoms with van der Waals surface area (Å²) in [6, 6.07) is 4.16. The zero-order chi connectivity index (χ0) is 17.9. The Morgan fingerprint density at radius 3 is 2.32 bits per heavy atom. The number of piperazine rings is 1. The molecule has 1 atom stereocenters. The van der Waals surface area contributed by atoms with Gasteiger partial charge in [-0.15, -0.1) is 12.4 Å². The lowest BCUT2D eigenvalue weighted by Crippen LogP contribution is -2.58. The molecule has 1 saturated heterocycles. The normalized spacial score (nSPS) is 16.8. The molecule has 0 bridgehead atoms. The molecule has 1 aliphatic heterocycles.